The third-order valence-electron chi connectivity index (χ3n) is 4.94. The van der Waals surface area contributed by atoms with E-state index in [2.05, 4.69) is 37.4 Å². The number of nitrogens with zero attached hydrogens (tertiary/aromatic N) is 1. The Morgan fingerprint density at radius 3 is 2.58 bits per heavy atom. The second kappa shape index (κ2) is 7.85. The molecule has 5 heteroatoms. The van der Waals surface area contributed by atoms with E-state index in [-0.39, 0.29) is 12.1 Å². The van der Waals surface area contributed by atoms with E-state index in [1.165, 1.54) is 5.56 Å². The Labute approximate surface area is 155 Å². The van der Waals surface area contributed by atoms with E-state index in [0.717, 1.165) is 41.2 Å². The van der Waals surface area contributed by atoms with Crippen LogP contribution in [0.3, 0.4) is 0 Å². The smallest absolute Gasteiger partial charge is 0.317 e. The molecule has 1 aromatic heterocycles. The predicted molar refractivity (Wildman–Crippen MR) is 102 cm³/mol. The summed E-state index contributed by atoms with van der Waals surface area (Å²) in [6.07, 6.45) is 1.87. The number of likely N-dealkylation sites (tertiary alicyclic amines) is 1. The number of carbonyl (C=O) groups excluding carboxylic acids is 1. The van der Waals surface area contributed by atoms with Gasteiger partial charge in [0.05, 0.1) is 0 Å². The summed E-state index contributed by atoms with van der Waals surface area (Å²) in [5, 5.41) is 2.99. The Morgan fingerprint density at radius 1 is 1.19 bits per heavy atom. The highest BCUT2D eigenvalue weighted by molar-refractivity contribution is 5.74. The molecule has 3 rings (SSSR count). The van der Waals surface area contributed by atoms with Crippen molar-refractivity contribution in [2.75, 3.05) is 13.1 Å². The average molecular weight is 356 g/mol. The molecule has 1 aliphatic heterocycles. The van der Waals surface area contributed by atoms with E-state index in [9.17, 15) is 4.79 Å². The summed E-state index contributed by atoms with van der Waals surface area (Å²) in [5.41, 5.74) is 3.39. The molecule has 2 heterocycles. The third kappa shape index (κ3) is 4.40. The number of ether oxygens (including phenoxy) is 1. The highest BCUT2D eigenvalue weighted by atomic mass is 16.5. The lowest BCUT2D eigenvalue weighted by atomic mass is 10.1. The van der Waals surface area contributed by atoms with Gasteiger partial charge in [0, 0.05) is 38.0 Å². The first-order valence-corrected chi connectivity index (χ1v) is 9.25. The zero-order chi connectivity index (χ0) is 18.7. The summed E-state index contributed by atoms with van der Waals surface area (Å²) in [5.74, 6) is 2.69. The fourth-order valence-electron chi connectivity index (χ4n) is 3.33. The molecule has 0 radical (unpaired) electrons. The lowest BCUT2D eigenvalue weighted by molar-refractivity contribution is 0.110. The van der Waals surface area contributed by atoms with Gasteiger partial charge in [0.1, 0.15) is 23.4 Å². The van der Waals surface area contributed by atoms with Gasteiger partial charge < -0.3 is 19.4 Å². The van der Waals surface area contributed by atoms with E-state index in [1.807, 2.05) is 24.8 Å². The maximum absolute atomic E-state index is 12.4. The minimum absolute atomic E-state index is 0.0200. The van der Waals surface area contributed by atoms with Gasteiger partial charge in [-0.2, -0.15) is 0 Å². The zero-order valence-corrected chi connectivity index (χ0v) is 16.1. The molecule has 2 aromatic rings. The molecular weight excluding hydrogens is 328 g/mol. The maximum atomic E-state index is 12.4. The van der Waals surface area contributed by atoms with Crippen LogP contribution in [0.25, 0.3) is 0 Å². The summed E-state index contributed by atoms with van der Waals surface area (Å²) in [6, 6.07) is 8.22. The van der Waals surface area contributed by atoms with Crippen LogP contribution in [0.15, 0.2) is 28.7 Å². The van der Waals surface area contributed by atoms with E-state index < -0.39 is 0 Å². The molecule has 0 aliphatic carbocycles. The fourth-order valence-corrected chi connectivity index (χ4v) is 3.33. The topological polar surface area (TPSA) is 54.7 Å². The van der Waals surface area contributed by atoms with Gasteiger partial charge in [0.15, 0.2) is 0 Å². The van der Waals surface area contributed by atoms with Gasteiger partial charge in [0.25, 0.3) is 0 Å². The highest BCUT2D eigenvalue weighted by Crippen LogP contribution is 2.24. The number of carbonyl (C=O) groups is 1. The van der Waals surface area contributed by atoms with Crippen molar-refractivity contribution in [2.45, 2.75) is 53.2 Å². The number of urea groups is 1. The molecule has 1 N–H and O–H groups in total. The molecule has 26 heavy (non-hydrogen) atoms. The average Bonchev–Trinajstić information content (AvgIpc) is 2.94. The van der Waals surface area contributed by atoms with Gasteiger partial charge in [-0.05, 0) is 51.0 Å². The third-order valence-corrected chi connectivity index (χ3v) is 4.94. The Hall–Kier alpha value is -2.43. The van der Waals surface area contributed by atoms with Crippen LogP contribution in [0.1, 0.15) is 41.1 Å². The molecule has 1 saturated heterocycles. The molecule has 1 fully saturated rings. The number of hydrogen-bond acceptors (Lipinski definition) is 3. The number of benzene rings is 1. The normalized spacial score (nSPS) is 15.2. The number of nitrogens with one attached hydrogen (secondary N) is 1. The molecule has 0 unspecified atom stereocenters. The molecule has 140 valence electrons. The minimum atomic E-state index is -0.0200. The first kappa shape index (κ1) is 18.4. The molecule has 0 saturated carbocycles. The van der Waals surface area contributed by atoms with Crippen molar-refractivity contribution in [2.24, 2.45) is 0 Å². The molecule has 2 amide bonds. The molecule has 0 spiro atoms. The zero-order valence-electron chi connectivity index (χ0n) is 16.1. The fraction of sp³-hybridized carbons (Fsp3) is 0.476. The van der Waals surface area contributed by atoms with Gasteiger partial charge in [0.2, 0.25) is 0 Å². The number of amides is 2. The second-order valence-electron chi connectivity index (χ2n) is 7.17. The Morgan fingerprint density at radius 2 is 1.92 bits per heavy atom. The van der Waals surface area contributed by atoms with Crippen LogP contribution >= 0.6 is 0 Å². The molecular formula is C21H28N2O3. The Balaban J connectivity index is 1.47. The first-order valence-electron chi connectivity index (χ1n) is 9.25. The van der Waals surface area contributed by atoms with Crippen molar-refractivity contribution >= 4 is 6.03 Å². The van der Waals surface area contributed by atoms with Crippen molar-refractivity contribution in [3.63, 3.8) is 0 Å². The number of rotatable bonds is 4. The van der Waals surface area contributed by atoms with Gasteiger partial charge in [-0.15, -0.1) is 0 Å². The van der Waals surface area contributed by atoms with Crippen LogP contribution in [0, 0.1) is 27.7 Å². The van der Waals surface area contributed by atoms with Crippen LogP contribution in [0.4, 0.5) is 4.79 Å². The first-order chi connectivity index (χ1) is 12.4. The lowest BCUT2D eigenvalue weighted by Crippen LogP contribution is -2.46. The van der Waals surface area contributed by atoms with Crippen molar-refractivity contribution in [1.82, 2.24) is 10.2 Å². The van der Waals surface area contributed by atoms with Crippen LogP contribution in [-0.2, 0) is 6.54 Å². The van der Waals surface area contributed by atoms with Crippen molar-refractivity contribution < 1.29 is 13.9 Å². The van der Waals surface area contributed by atoms with Gasteiger partial charge >= 0.3 is 6.03 Å². The summed E-state index contributed by atoms with van der Waals surface area (Å²) in [6.45, 7) is 9.90. The van der Waals surface area contributed by atoms with E-state index in [1.54, 1.807) is 0 Å². The molecule has 1 aliphatic rings. The number of aryl methyl sites for hydroxylation is 4. The number of piperidine rings is 1. The molecule has 1 aromatic carbocycles. The van der Waals surface area contributed by atoms with Gasteiger partial charge in [-0.3, -0.25) is 0 Å². The summed E-state index contributed by atoms with van der Waals surface area (Å²) in [4.78, 5) is 14.3. The van der Waals surface area contributed by atoms with Gasteiger partial charge in [-0.25, -0.2) is 4.79 Å². The molecule has 0 bridgehead atoms. The monoisotopic (exact) mass is 356 g/mol. The highest BCUT2D eigenvalue weighted by Gasteiger charge is 2.24. The Bertz CT molecular complexity index is 774. The summed E-state index contributed by atoms with van der Waals surface area (Å²) < 4.78 is 11.7. The van der Waals surface area contributed by atoms with E-state index in [4.69, 9.17) is 9.15 Å². The molecule has 5 nitrogen and oxygen atoms in total. The maximum Gasteiger partial charge on any atom is 0.317 e. The van der Waals surface area contributed by atoms with Gasteiger partial charge in [-0.1, -0.05) is 12.1 Å². The van der Waals surface area contributed by atoms with Crippen LogP contribution in [0.5, 0.6) is 5.75 Å². The van der Waals surface area contributed by atoms with Crippen LogP contribution in [0.2, 0.25) is 0 Å². The SMILES string of the molecule is Cc1ccc(C)c(OC2CCN(C(=O)NCc3cc(C)oc3C)CC2)c1. The number of hydrogen-bond donors (Lipinski definition) is 1. The quantitative estimate of drug-likeness (QED) is 0.890. The van der Waals surface area contributed by atoms with Crippen molar-refractivity contribution in [3.05, 3.63) is 52.5 Å². The Kier molecular flexibility index (Phi) is 5.55. The van der Waals surface area contributed by atoms with Crippen molar-refractivity contribution in [3.8, 4) is 5.75 Å². The predicted octanol–water partition coefficient (Wildman–Crippen LogP) is 4.27. The summed E-state index contributed by atoms with van der Waals surface area (Å²) in [7, 11) is 0. The number of furan rings is 1. The van der Waals surface area contributed by atoms with Crippen LogP contribution < -0.4 is 10.1 Å². The summed E-state index contributed by atoms with van der Waals surface area (Å²) >= 11 is 0. The largest absolute Gasteiger partial charge is 0.490 e. The molecule has 0 atom stereocenters. The second-order valence-corrected chi connectivity index (χ2v) is 7.17. The minimum Gasteiger partial charge on any atom is -0.490 e. The van der Waals surface area contributed by atoms with Crippen molar-refractivity contribution in [1.29, 1.82) is 0 Å². The van der Waals surface area contributed by atoms with Crippen LogP contribution in [-0.4, -0.2) is 30.1 Å². The standard InChI is InChI=1S/C21H28N2O3/c1-14-5-6-15(2)20(11-14)26-19-7-9-23(10-8-19)21(24)22-13-18-12-16(3)25-17(18)4/h5-6,11-12,19H,7-10,13H2,1-4H3,(H,22,24). The lowest BCUT2D eigenvalue weighted by Gasteiger charge is -2.32. The van der Waals surface area contributed by atoms with E-state index in [0.29, 0.717) is 19.6 Å². The van der Waals surface area contributed by atoms with E-state index >= 15 is 0 Å².